The summed E-state index contributed by atoms with van der Waals surface area (Å²) in [5.41, 5.74) is 11.3. The van der Waals surface area contributed by atoms with Gasteiger partial charge in [0.05, 0.1) is 18.5 Å². The highest BCUT2D eigenvalue weighted by molar-refractivity contribution is 5.76. The van der Waals surface area contributed by atoms with Crippen molar-refractivity contribution in [3.05, 3.63) is 34.4 Å². The van der Waals surface area contributed by atoms with Gasteiger partial charge in [-0.25, -0.2) is 4.79 Å². The van der Waals surface area contributed by atoms with Crippen molar-refractivity contribution in [3.8, 4) is 0 Å². The molecule has 4 saturated carbocycles. The standard InChI is InChI=1S/C24H32O4.C5H10N2O3/c1-22-9-7-16(25)11-15(22)4-5-18-17(22)8-10-23(2)19(12-20-24(18,23)28-20)14-3-6-21(26)27-13-14;6-3(5(9)10)1-2-4(7)8/h3,6,13,15-20,25H,4-5,7-12H2,1-2H3;3H,1-2,6H2,(H2,7,8)(H,9,10)/t15-,16+,17+,18-,19-,20-,22+,23-,24-;/m1./s1. The molecule has 0 bridgehead atoms. The maximum atomic E-state index is 11.4. The van der Waals surface area contributed by atoms with Crippen LogP contribution in [0.25, 0.3) is 0 Å². The summed E-state index contributed by atoms with van der Waals surface area (Å²) in [6, 6.07) is 2.57. The Balaban J connectivity index is 0.000000253. The van der Waals surface area contributed by atoms with E-state index < -0.39 is 17.9 Å². The van der Waals surface area contributed by atoms with E-state index >= 15 is 0 Å². The van der Waals surface area contributed by atoms with E-state index in [-0.39, 0.29) is 35.6 Å². The Hall–Kier alpha value is -2.23. The smallest absolute Gasteiger partial charge is 0.335 e. The van der Waals surface area contributed by atoms with Crippen LogP contribution in [-0.2, 0) is 14.3 Å². The third kappa shape index (κ3) is 4.31. The van der Waals surface area contributed by atoms with E-state index in [1.807, 2.05) is 6.07 Å². The van der Waals surface area contributed by atoms with Gasteiger partial charge in [0.2, 0.25) is 5.91 Å². The highest BCUT2D eigenvalue weighted by Gasteiger charge is 2.80. The Bertz CT molecular complexity index is 1120. The van der Waals surface area contributed by atoms with Crippen LogP contribution in [-0.4, -0.2) is 45.9 Å². The van der Waals surface area contributed by atoms with Gasteiger partial charge < -0.3 is 30.8 Å². The zero-order valence-corrected chi connectivity index (χ0v) is 22.4. The number of epoxide rings is 1. The summed E-state index contributed by atoms with van der Waals surface area (Å²) >= 11 is 0. The second kappa shape index (κ2) is 9.75. The van der Waals surface area contributed by atoms with Crippen molar-refractivity contribution < 1.29 is 29.0 Å². The topological polar surface area (TPSA) is 169 Å². The van der Waals surface area contributed by atoms with Crippen molar-refractivity contribution in [3.63, 3.8) is 0 Å². The average Bonchev–Trinajstić information content (AvgIpc) is 3.53. The van der Waals surface area contributed by atoms with Crippen molar-refractivity contribution in [2.75, 3.05) is 0 Å². The summed E-state index contributed by atoms with van der Waals surface area (Å²) in [6.45, 7) is 4.97. The first kappa shape index (κ1) is 27.3. The molecule has 1 aliphatic heterocycles. The molecule has 6 N–H and O–H groups in total. The molecular formula is C29H42N2O7. The van der Waals surface area contributed by atoms with Gasteiger partial charge in [0.25, 0.3) is 0 Å². The number of aliphatic carboxylic acids is 1. The van der Waals surface area contributed by atoms with E-state index in [1.54, 1.807) is 12.3 Å². The van der Waals surface area contributed by atoms with Gasteiger partial charge in [-0.2, -0.15) is 0 Å². The van der Waals surface area contributed by atoms with Crippen LogP contribution in [0.4, 0.5) is 0 Å². The number of amides is 1. The normalized spacial score (nSPS) is 43.3. The minimum atomic E-state index is -1.11. The van der Waals surface area contributed by atoms with Crippen molar-refractivity contribution in [1.82, 2.24) is 0 Å². The first-order valence-electron chi connectivity index (χ1n) is 14.1. The Morgan fingerprint density at radius 2 is 1.87 bits per heavy atom. The molecule has 1 aromatic heterocycles. The first-order chi connectivity index (χ1) is 17.9. The van der Waals surface area contributed by atoms with Gasteiger partial charge in [0.15, 0.2) is 0 Å². The van der Waals surface area contributed by atoms with E-state index in [4.69, 9.17) is 25.7 Å². The average molecular weight is 531 g/mol. The third-order valence-electron chi connectivity index (χ3n) is 11.2. The number of carboxylic acid groups (broad SMARTS) is 1. The SMILES string of the molecule is C[C@]12CC[C@H](O)C[C@H]1CC[C@@H]1[C@@H]2CC[C@]2(C)[C@@H](c3ccc(=O)oc3)C[C@H]3O[C@]132.NC(=O)CCC(N)C(=O)O. The molecule has 1 spiro atoms. The van der Waals surface area contributed by atoms with Crippen LogP contribution in [0.3, 0.4) is 0 Å². The van der Waals surface area contributed by atoms with Crippen LogP contribution < -0.4 is 17.1 Å². The maximum Gasteiger partial charge on any atom is 0.335 e. The van der Waals surface area contributed by atoms with E-state index in [0.717, 1.165) is 25.2 Å². The number of primary amides is 1. The molecule has 0 radical (unpaired) electrons. The second-order valence-electron chi connectivity index (χ2n) is 12.9. The molecule has 6 rings (SSSR count). The molecule has 1 aromatic rings. The second-order valence-corrected chi connectivity index (χ2v) is 12.9. The molecule has 5 fully saturated rings. The van der Waals surface area contributed by atoms with Crippen molar-refractivity contribution >= 4 is 11.9 Å². The lowest BCUT2D eigenvalue weighted by Crippen LogP contribution is -2.58. The van der Waals surface area contributed by atoms with Gasteiger partial charge in [-0.05, 0) is 98.5 Å². The zero-order valence-electron chi connectivity index (χ0n) is 22.4. The minimum Gasteiger partial charge on any atom is -0.480 e. The van der Waals surface area contributed by atoms with Crippen LogP contribution in [0.1, 0.15) is 89.5 Å². The molecule has 210 valence electrons. The summed E-state index contributed by atoms with van der Waals surface area (Å²) in [4.78, 5) is 31.6. The van der Waals surface area contributed by atoms with Gasteiger partial charge in [0.1, 0.15) is 11.6 Å². The van der Waals surface area contributed by atoms with E-state index in [0.29, 0.717) is 29.3 Å². The Morgan fingerprint density at radius 1 is 1.11 bits per heavy atom. The minimum absolute atomic E-state index is 0.0213. The zero-order chi connectivity index (χ0) is 27.5. The number of ether oxygens (including phenoxy) is 1. The lowest BCUT2D eigenvalue weighted by Gasteiger charge is -2.61. The molecule has 4 aliphatic carbocycles. The first-order valence-corrected chi connectivity index (χ1v) is 14.1. The number of nitrogens with two attached hydrogens (primary N) is 2. The number of hydrogen-bond acceptors (Lipinski definition) is 7. The third-order valence-corrected chi connectivity index (χ3v) is 11.2. The molecule has 0 aromatic carbocycles. The lowest BCUT2D eigenvalue weighted by atomic mass is 9.44. The number of fused-ring (bicyclic) bond motifs is 3. The molecule has 5 aliphatic rings. The van der Waals surface area contributed by atoms with Gasteiger partial charge >= 0.3 is 11.6 Å². The summed E-state index contributed by atoms with van der Waals surface area (Å²) in [7, 11) is 0. The van der Waals surface area contributed by atoms with E-state index in [2.05, 4.69) is 13.8 Å². The highest BCUT2D eigenvalue weighted by atomic mass is 16.6. The molecule has 1 amide bonds. The van der Waals surface area contributed by atoms with Gasteiger partial charge in [-0.1, -0.05) is 13.8 Å². The Kier molecular flexibility index (Phi) is 7.02. The number of aliphatic hydroxyl groups is 1. The molecule has 10 atom stereocenters. The van der Waals surface area contributed by atoms with Crippen molar-refractivity contribution in [2.45, 2.75) is 108 Å². The summed E-state index contributed by atoms with van der Waals surface area (Å²) < 4.78 is 11.8. The number of carbonyl (C=O) groups excluding carboxylic acids is 1. The van der Waals surface area contributed by atoms with Crippen LogP contribution >= 0.6 is 0 Å². The largest absolute Gasteiger partial charge is 0.480 e. The van der Waals surface area contributed by atoms with Gasteiger partial charge in [-0.15, -0.1) is 0 Å². The number of hydrogen-bond donors (Lipinski definition) is 4. The van der Waals surface area contributed by atoms with Crippen LogP contribution in [0.2, 0.25) is 0 Å². The summed E-state index contributed by atoms with van der Waals surface area (Å²) in [5, 5.41) is 18.5. The predicted octanol–water partition coefficient (Wildman–Crippen LogP) is 2.92. The van der Waals surface area contributed by atoms with Gasteiger partial charge in [0, 0.05) is 17.9 Å². The fraction of sp³-hybridized carbons (Fsp3) is 0.759. The fourth-order valence-corrected chi connectivity index (χ4v) is 9.16. The number of rotatable bonds is 5. The monoisotopic (exact) mass is 530 g/mol. The Morgan fingerprint density at radius 3 is 2.53 bits per heavy atom. The van der Waals surface area contributed by atoms with Crippen LogP contribution in [0.5, 0.6) is 0 Å². The lowest BCUT2D eigenvalue weighted by molar-refractivity contribution is -0.139. The molecule has 1 unspecified atom stereocenters. The van der Waals surface area contributed by atoms with Crippen LogP contribution in [0, 0.1) is 28.6 Å². The number of carbonyl (C=O) groups is 2. The molecule has 2 heterocycles. The molecule has 9 heteroatoms. The van der Waals surface area contributed by atoms with Crippen molar-refractivity contribution in [2.24, 2.45) is 40.1 Å². The fourth-order valence-electron chi connectivity index (χ4n) is 9.16. The molecular weight excluding hydrogens is 488 g/mol. The van der Waals surface area contributed by atoms with Gasteiger partial charge in [-0.3, -0.25) is 9.59 Å². The van der Waals surface area contributed by atoms with E-state index in [1.165, 1.54) is 37.7 Å². The Labute approximate surface area is 223 Å². The van der Waals surface area contributed by atoms with E-state index in [9.17, 15) is 19.5 Å². The number of carboxylic acids is 1. The molecule has 38 heavy (non-hydrogen) atoms. The van der Waals surface area contributed by atoms with Crippen molar-refractivity contribution in [1.29, 1.82) is 0 Å². The maximum absolute atomic E-state index is 11.4. The highest BCUT2D eigenvalue weighted by Crippen LogP contribution is 2.77. The quantitative estimate of drug-likeness (QED) is 0.421. The number of aliphatic hydroxyl groups excluding tert-OH is 1. The summed E-state index contributed by atoms with van der Waals surface area (Å²) in [5.74, 6) is 0.835. The predicted molar refractivity (Wildman–Crippen MR) is 139 cm³/mol. The molecule has 1 saturated heterocycles. The summed E-state index contributed by atoms with van der Waals surface area (Å²) in [6.07, 6.45) is 11.3. The molecule has 9 nitrogen and oxygen atoms in total. The van der Waals surface area contributed by atoms with Crippen LogP contribution in [0.15, 0.2) is 27.6 Å².